The summed E-state index contributed by atoms with van der Waals surface area (Å²) in [5, 5.41) is 3.91. The van der Waals surface area contributed by atoms with Gasteiger partial charge in [-0.1, -0.05) is 34.1 Å². The van der Waals surface area contributed by atoms with Crippen molar-refractivity contribution in [3.63, 3.8) is 0 Å². The molecule has 16 heavy (non-hydrogen) atoms. The van der Waals surface area contributed by atoms with Gasteiger partial charge < -0.3 is 5.32 Å². The Morgan fingerprint density at radius 1 is 1.25 bits per heavy atom. The number of alkyl halides is 1. The van der Waals surface area contributed by atoms with Crippen molar-refractivity contribution in [2.75, 3.05) is 17.6 Å². The van der Waals surface area contributed by atoms with Crippen molar-refractivity contribution in [3.05, 3.63) is 30.3 Å². The molecule has 1 rings (SSSR count). The second-order valence-electron chi connectivity index (χ2n) is 3.35. The first-order chi connectivity index (χ1) is 7.83. The molecule has 1 N–H and O–H groups in total. The third-order valence-electron chi connectivity index (χ3n) is 2.00. The van der Waals surface area contributed by atoms with Crippen LogP contribution in [0.15, 0.2) is 35.2 Å². The van der Waals surface area contributed by atoms with E-state index in [0.29, 0.717) is 5.75 Å². The van der Waals surface area contributed by atoms with E-state index >= 15 is 0 Å². The van der Waals surface area contributed by atoms with Gasteiger partial charge in [-0.05, 0) is 25.0 Å². The van der Waals surface area contributed by atoms with Crippen LogP contribution in [-0.2, 0) is 4.79 Å². The highest BCUT2D eigenvalue weighted by molar-refractivity contribution is 9.09. The fourth-order valence-corrected chi connectivity index (χ4v) is 2.31. The summed E-state index contributed by atoms with van der Waals surface area (Å²) < 4.78 is 0. The number of benzene rings is 1. The second kappa shape index (κ2) is 8.65. The largest absolute Gasteiger partial charge is 0.355 e. The molecule has 4 heteroatoms. The van der Waals surface area contributed by atoms with Crippen LogP contribution in [0.2, 0.25) is 0 Å². The van der Waals surface area contributed by atoms with Crippen molar-refractivity contribution in [1.29, 1.82) is 0 Å². The first-order valence-corrected chi connectivity index (χ1v) is 7.44. The Bertz CT molecular complexity index is 305. The van der Waals surface area contributed by atoms with E-state index in [-0.39, 0.29) is 5.91 Å². The van der Waals surface area contributed by atoms with Crippen LogP contribution in [0.1, 0.15) is 12.8 Å². The van der Waals surface area contributed by atoms with Gasteiger partial charge in [-0.25, -0.2) is 0 Å². The lowest BCUT2D eigenvalue weighted by molar-refractivity contribution is -0.118. The molecule has 88 valence electrons. The zero-order valence-corrected chi connectivity index (χ0v) is 11.5. The average Bonchev–Trinajstić information content (AvgIpc) is 2.33. The minimum absolute atomic E-state index is 0.114. The summed E-state index contributed by atoms with van der Waals surface area (Å²) in [5.41, 5.74) is 0. The summed E-state index contributed by atoms with van der Waals surface area (Å²) in [6, 6.07) is 9.97. The molecule has 0 bridgehead atoms. The highest BCUT2D eigenvalue weighted by Crippen LogP contribution is 2.16. The van der Waals surface area contributed by atoms with Gasteiger partial charge >= 0.3 is 0 Å². The number of carbonyl (C=O) groups is 1. The fraction of sp³-hybridized carbons (Fsp3) is 0.417. The lowest BCUT2D eigenvalue weighted by atomic mass is 10.3. The zero-order valence-electron chi connectivity index (χ0n) is 9.12. The number of hydrogen-bond donors (Lipinski definition) is 1. The molecule has 0 fully saturated rings. The standard InChI is InChI=1S/C12H16BrNOS/c13-8-4-5-9-14-12(15)10-16-11-6-2-1-3-7-11/h1-3,6-7H,4-5,8-10H2,(H,14,15). The Hall–Kier alpha value is -0.480. The van der Waals surface area contributed by atoms with Crippen molar-refractivity contribution in [1.82, 2.24) is 5.32 Å². The van der Waals surface area contributed by atoms with Gasteiger partial charge in [0.15, 0.2) is 0 Å². The van der Waals surface area contributed by atoms with Gasteiger partial charge in [0, 0.05) is 16.8 Å². The molecule has 0 aliphatic heterocycles. The molecule has 1 aromatic rings. The predicted molar refractivity (Wildman–Crippen MR) is 73.2 cm³/mol. The zero-order chi connectivity index (χ0) is 11.6. The molecule has 0 aromatic heterocycles. The lowest BCUT2D eigenvalue weighted by Crippen LogP contribution is -2.26. The normalized spacial score (nSPS) is 10.1. The molecular formula is C12H16BrNOS. The highest BCUT2D eigenvalue weighted by Gasteiger charge is 2.01. The van der Waals surface area contributed by atoms with Crippen LogP contribution in [0.4, 0.5) is 0 Å². The van der Waals surface area contributed by atoms with E-state index < -0.39 is 0 Å². The maximum atomic E-state index is 11.4. The van der Waals surface area contributed by atoms with Crippen LogP contribution in [0.5, 0.6) is 0 Å². The van der Waals surface area contributed by atoms with E-state index in [2.05, 4.69) is 21.2 Å². The van der Waals surface area contributed by atoms with Crippen LogP contribution in [0.3, 0.4) is 0 Å². The first kappa shape index (κ1) is 13.6. The minimum Gasteiger partial charge on any atom is -0.355 e. The SMILES string of the molecule is O=C(CSc1ccccc1)NCCCCBr. The summed E-state index contributed by atoms with van der Waals surface area (Å²) in [6.07, 6.45) is 2.14. The molecule has 0 spiro atoms. The molecule has 1 aromatic carbocycles. The second-order valence-corrected chi connectivity index (χ2v) is 5.19. The number of hydrogen-bond acceptors (Lipinski definition) is 2. The molecule has 0 atom stereocenters. The number of rotatable bonds is 7. The Labute approximate surface area is 109 Å². The molecule has 0 aliphatic carbocycles. The van der Waals surface area contributed by atoms with Gasteiger partial charge in [-0.15, -0.1) is 11.8 Å². The number of thioether (sulfide) groups is 1. The molecule has 0 heterocycles. The number of unbranched alkanes of at least 4 members (excludes halogenated alkanes) is 1. The quantitative estimate of drug-likeness (QED) is 0.476. The molecule has 0 saturated carbocycles. The number of carbonyl (C=O) groups excluding carboxylic acids is 1. The molecular weight excluding hydrogens is 286 g/mol. The highest BCUT2D eigenvalue weighted by atomic mass is 79.9. The van der Waals surface area contributed by atoms with Gasteiger partial charge in [0.05, 0.1) is 5.75 Å². The number of halogens is 1. The summed E-state index contributed by atoms with van der Waals surface area (Å²) in [7, 11) is 0. The van der Waals surface area contributed by atoms with E-state index in [1.165, 1.54) is 0 Å². The smallest absolute Gasteiger partial charge is 0.230 e. The molecule has 0 unspecified atom stereocenters. The van der Waals surface area contributed by atoms with E-state index in [0.717, 1.165) is 29.6 Å². The average molecular weight is 302 g/mol. The summed E-state index contributed by atoms with van der Waals surface area (Å²) in [6.45, 7) is 0.778. The van der Waals surface area contributed by atoms with Crippen LogP contribution < -0.4 is 5.32 Å². The Balaban J connectivity index is 2.11. The minimum atomic E-state index is 0.114. The number of amides is 1. The van der Waals surface area contributed by atoms with E-state index in [1.807, 2.05) is 30.3 Å². The number of nitrogens with one attached hydrogen (secondary N) is 1. The van der Waals surface area contributed by atoms with Crippen molar-refractivity contribution in [3.8, 4) is 0 Å². The topological polar surface area (TPSA) is 29.1 Å². The lowest BCUT2D eigenvalue weighted by Gasteiger charge is -2.04. The molecule has 2 nitrogen and oxygen atoms in total. The van der Waals surface area contributed by atoms with Gasteiger partial charge in [0.2, 0.25) is 5.91 Å². The van der Waals surface area contributed by atoms with Crippen molar-refractivity contribution >= 4 is 33.6 Å². The van der Waals surface area contributed by atoms with Crippen molar-refractivity contribution < 1.29 is 4.79 Å². The fourth-order valence-electron chi connectivity index (χ4n) is 1.16. The van der Waals surface area contributed by atoms with E-state index in [1.54, 1.807) is 11.8 Å². The molecule has 0 aliphatic rings. The van der Waals surface area contributed by atoms with Crippen LogP contribution in [0, 0.1) is 0 Å². The Morgan fingerprint density at radius 3 is 2.69 bits per heavy atom. The van der Waals surface area contributed by atoms with Crippen LogP contribution >= 0.6 is 27.7 Å². The van der Waals surface area contributed by atoms with Crippen molar-refractivity contribution in [2.24, 2.45) is 0 Å². The third kappa shape index (κ3) is 6.18. The molecule has 1 amide bonds. The predicted octanol–water partition coefficient (Wildman–Crippen LogP) is 3.07. The maximum Gasteiger partial charge on any atom is 0.230 e. The van der Waals surface area contributed by atoms with Gasteiger partial charge in [-0.3, -0.25) is 4.79 Å². The third-order valence-corrected chi connectivity index (χ3v) is 3.57. The van der Waals surface area contributed by atoms with E-state index in [4.69, 9.17) is 0 Å². The summed E-state index contributed by atoms with van der Waals surface area (Å²) in [5.74, 6) is 0.613. The summed E-state index contributed by atoms with van der Waals surface area (Å²) >= 11 is 4.93. The van der Waals surface area contributed by atoms with Gasteiger partial charge in [-0.2, -0.15) is 0 Å². The first-order valence-electron chi connectivity index (χ1n) is 5.33. The molecule has 0 radical (unpaired) electrons. The van der Waals surface area contributed by atoms with Crippen molar-refractivity contribution in [2.45, 2.75) is 17.7 Å². The summed E-state index contributed by atoms with van der Waals surface area (Å²) in [4.78, 5) is 12.6. The monoisotopic (exact) mass is 301 g/mol. The van der Waals surface area contributed by atoms with E-state index in [9.17, 15) is 4.79 Å². The van der Waals surface area contributed by atoms with Gasteiger partial charge in [0.25, 0.3) is 0 Å². The maximum absolute atomic E-state index is 11.4. The molecule has 0 saturated heterocycles. The van der Waals surface area contributed by atoms with Crippen LogP contribution in [-0.4, -0.2) is 23.5 Å². The van der Waals surface area contributed by atoms with Crippen LogP contribution in [0.25, 0.3) is 0 Å². The Kier molecular flexibility index (Phi) is 7.34. The van der Waals surface area contributed by atoms with Gasteiger partial charge in [0.1, 0.15) is 0 Å². The Morgan fingerprint density at radius 2 is 2.00 bits per heavy atom.